The van der Waals surface area contributed by atoms with E-state index >= 15 is 0 Å². The molecule has 0 atom stereocenters. The van der Waals surface area contributed by atoms with E-state index in [9.17, 15) is 13.2 Å². The zero-order chi connectivity index (χ0) is 21.1. The Morgan fingerprint density at radius 2 is 1.50 bits per heavy atom. The molecule has 7 heteroatoms. The molecule has 0 spiro atoms. The highest BCUT2D eigenvalue weighted by Gasteiger charge is 2.16. The average molecular weight is 437 g/mol. The third-order valence-electron chi connectivity index (χ3n) is 4.54. The lowest BCUT2D eigenvalue weighted by Crippen LogP contribution is -2.14. The normalized spacial score (nSPS) is 11.2. The largest absolute Gasteiger partial charge is 0.322 e. The number of nitrogens with one attached hydrogen (secondary N) is 2. The lowest BCUT2D eigenvalue weighted by atomic mass is 10.1. The molecule has 0 saturated carbocycles. The molecule has 0 unspecified atom stereocenters. The molecule has 30 heavy (non-hydrogen) atoms. The van der Waals surface area contributed by atoms with E-state index in [0.29, 0.717) is 22.0 Å². The second-order valence-corrected chi connectivity index (χ2v) is 8.74. The van der Waals surface area contributed by atoms with E-state index in [4.69, 9.17) is 11.6 Å². The smallest absolute Gasteiger partial charge is 0.261 e. The van der Waals surface area contributed by atoms with Gasteiger partial charge in [-0.3, -0.25) is 9.52 Å². The number of sulfonamides is 1. The number of carbonyl (C=O) groups is 1. The molecule has 0 saturated heterocycles. The number of benzene rings is 4. The molecule has 4 aromatic carbocycles. The molecule has 0 fully saturated rings. The predicted octanol–water partition coefficient (Wildman–Crippen LogP) is 5.55. The summed E-state index contributed by atoms with van der Waals surface area (Å²) in [6.45, 7) is 0. The van der Waals surface area contributed by atoms with E-state index in [1.807, 2.05) is 30.3 Å². The van der Waals surface area contributed by atoms with E-state index in [1.165, 1.54) is 12.1 Å². The molecule has 0 aliphatic heterocycles. The molecule has 0 radical (unpaired) electrons. The van der Waals surface area contributed by atoms with Crippen molar-refractivity contribution < 1.29 is 13.2 Å². The van der Waals surface area contributed by atoms with Gasteiger partial charge in [0.15, 0.2) is 0 Å². The minimum absolute atomic E-state index is 0.0937. The third kappa shape index (κ3) is 4.30. The lowest BCUT2D eigenvalue weighted by Gasteiger charge is -2.11. The van der Waals surface area contributed by atoms with Crippen LogP contribution in [0.15, 0.2) is 95.9 Å². The quantitative estimate of drug-likeness (QED) is 0.431. The van der Waals surface area contributed by atoms with Gasteiger partial charge in [-0.15, -0.1) is 0 Å². The van der Waals surface area contributed by atoms with E-state index in [1.54, 1.807) is 48.5 Å². The second-order valence-electron chi connectivity index (χ2n) is 6.62. The van der Waals surface area contributed by atoms with Crippen molar-refractivity contribution in [3.05, 3.63) is 102 Å². The van der Waals surface area contributed by atoms with Crippen LogP contribution in [0, 0.1) is 0 Å². The highest BCUT2D eigenvalue weighted by Crippen LogP contribution is 2.26. The SMILES string of the molecule is O=C(Nc1ccc(S(=O)(=O)Nc2cccc3ccccc23)cc1)c1cccc(Cl)c1. The van der Waals surface area contributed by atoms with Gasteiger partial charge in [-0.25, -0.2) is 8.42 Å². The molecule has 0 aliphatic rings. The summed E-state index contributed by atoms with van der Waals surface area (Å²) in [5.41, 5.74) is 1.40. The number of halogens is 1. The molecule has 150 valence electrons. The van der Waals surface area contributed by atoms with Crippen LogP contribution in [0.2, 0.25) is 5.02 Å². The minimum Gasteiger partial charge on any atom is -0.322 e. The third-order valence-corrected chi connectivity index (χ3v) is 6.16. The maximum Gasteiger partial charge on any atom is 0.261 e. The first-order chi connectivity index (χ1) is 14.4. The summed E-state index contributed by atoms with van der Waals surface area (Å²) in [4.78, 5) is 12.4. The van der Waals surface area contributed by atoms with Crippen LogP contribution >= 0.6 is 11.6 Å². The van der Waals surface area contributed by atoms with Crippen LogP contribution in [-0.4, -0.2) is 14.3 Å². The Hall–Kier alpha value is -3.35. The first kappa shape index (κ1) is 19.9. The first-order valence-corrected chi connectivity index (χ1v) is 11.0. The number of hydrogen-bond acceptors (Lipinski definition) is 3. The van der Waals surface area contributed by atoms with Crippen LogP contribution in [0.4, 0.5) is 11.4 Å². The topological polar surface area (TPSA) is 75.3 Å². The number of amides is 1. The molecule has 0 aliphatic carbocycles. The molecule has 1 amide bonds. The van der Waals surface area contributed by atoms with Crippen LogP contribution in [0.25, 0.3) is 10.8 Å². The maximum atomic E-state index is 12.8. The van der Waals surface area contributed by atoms with Gasteiger partial charge in [0.25, 0.3) is 15.9 Å². The van der Waals surface area contributed by atoms with Crippen molar-refractivity contribution in [3.63, 3.8) is 0 Å². The fourth-order valence-electron chi connectivity index (χ4n) is 3.07. The Morgan fingerprint density at radius 1 is 0.800 bits per heavy atom. The monoisotopic (exact) mass is 436 g/mol. The molecule has 4 aromatic rings. The summed E-state index contributed by atoms with van der Waals surface area (Å²) in [5.74, 6) is -0.331. The van der Waals surface area contributed by atoms with Gasteiger partial charge in [0.05, 0.1) is 10.6 Å². The predicted molar refractivity (Wildman–Crippen MR) is 121 cm³/mol. The van der Waals surface area contributed by atoms with Gasteiger partial charge < -0.3 is 5.32 Å². The highest BCUT2D eigenvalue weighted by atomic mass is 35.5. The Morgan fingerprint density at radius 3 is 2.27 bits per heavy atom. The summed E-state index contributed by atoms with van der Waals surface area (Å²) >= 11 is 5.91. The summed E-state index contributed by atoms with van der Waals surface area (Å²) < 4.78 is 28.3. The summed E-state index contributed by atoms with van der Waals surface area (Å²) in [7, 11) is -3.79. The van der Waals surface area contributed by atoms with E-state index in [0.717, 1.165) is 10.8 Å². The van der Waals surface area contributed by atoms with Crippen molar-refractivity contribution in [1.29, 1.82) is 0 Å². The van der Waals surface area contributed by atoms with Crippen LogP contribution in [0.3, 0.4) is 0 Å². The van der Waals surface area contributed by atoms with Gasteiger partial charge in [-0.05, 0) is 53.9 Å². The van der Waals surface area contributed by atoms with Crippen molar-refractivity contribution in [2.24, 2.45) is 0 Å². The fraction of sp³-hybridized carbons (Fsp3) is 0. The average Bonchev–Trinajstić information content (AvgIpc) is 2.74. The Balaban J connectivity index is 1.53. The zero-order valence-corrected chi connectivity index (χ0v) is 17.2. The van der Waals surface area contributed by atoms with Gasteiger partial charge in [-0.1, -0.05) is 54.1 Å². The molecular formula is C23H17ClN2O3S. The van der Waals surface area contributed by atoms with Crippen molar-refractivity contribution in [2.45, 2.75) is 4.90 Å². The molecule has 5 nitrogen and oxygen atoms in total. The molecule has 0 aromatic heterocycles. The molecule has 0 heterocycles. The van der Waals surface area contributed by atoms with E-state index in [2.05, 4.69) is 10.0 Å². The van der Waals surface area contributed by atoms with E-state index in [-0.39, 0.29) is 10.8 Å². The van der Waals surface area contributed by atoms with Crippen molar-refractivity contribution in [1.82, 2.24) is 0 Å². The second kappa shape index (κ2) is 8.18. The number of hydrogen-bond donors (Lipinski definition) is 2. The van der Waals surface area contributed by atoms with Gasteiger partial charge in [0, 0.05) is 21.7 Å². The molecule has 4 rings (SSSR count). The van der Waals surface area contributed by atoms with E-state index < -0.39 is 10.0 Å². The first-order valence-electron chi connectivity index (χ1n) is 9.10. The number of rotatable bonds is 5. The van der Waals surface area contributed by atoms with Crippen LogP contribution in [0.1, 0.15) is 10.4 Å². The van der Waals surface area contributed by atoms with Crippen molar-refractivity contribution in [3.8, 4) is 0 Å². The van der Waals surface area contributed by atoms with Crippen molar-refractivity contribution >= 4 is 49.7 Å². The number of anilines is 2. The summed E-state index contributed by atoms with van der Waals surface area (Å²) in [5, 5.41) is 4.94. The molecule has 0 bridgehead atoms. The van der Waals surface area contributed by atoms with Crippen LogP contribution in [-0.2, 0) is 10.0 Å². The molecule has 2 N–H and O–H groups in total. The summed E-state index contributed by atoms with van der Waals surface area (Å²) in [6.07, 6.45) is 0. The van der Waals surface area contributed by atoms with Crippen LogP contribution < -0.4 is 10.0 Å². The van der Waals surface area contributed by atoms with Gasteiger partial charge >= 0.3 is 0 Å². The van der Waals surface area contributed by atoms with Crippen molar-refractivity contribution in [2.75, 3.05) is 10.0 Å². The standard InChI is InChI=1S/C23H17ClN2O3S/c24-18-8-3-7-17(15-18)23(27)25-19-11-13-20(14-12-19)30(28,29)26-22-10-4-6-16-5-1-2-9-21(16)22/h1-15,26H,(H,25,27). The Bertz CT molecular complexity index is 1330. The van der Waals surface area contributed by atoms with Crippen LogP contribution in [0.5, 0.6) is 0 Å². The van der Waals surface area contributed by atoms with Gasteiger partial charge in [0.2, 0.25) is 0 Å². The number of fused-ring (bicyclic) bond motifs is 1. The molecular weight excluding hydrogens is 420 g/mol. The summed E-state index contributed by atoms with van der Waals surface area (Å²) in [6, 6.07) is 25.5. The minimum atomic E-state index is -3.79. The zero-order valence-electron chi connectivity index (χ0n) is 15.7. The maximum absolute atomic E-state index is 12.8. The van der Waals surface area contributed by atoms with Gasteiger partial charge in [0.1, 0.15) is 0 Å². The Kier molecular flexibility index (Phi) is 5.44. The fourth-order valence-corrected chi connectivity index (χ4v) is 4.34. The highest BCUT2D eigenvalue weighted by molar-refractivity contribution is 7.92. The lowest BCUT2D eigenvalue weighted by molar-refractivity contribution is 0.102. The number of carbonyl (C=O) groups excluding carboxylic acids is 1. The van der Waals surface area contributed by atoms with Gasteiger partial charge in [-0.2, -0.15) is 0 Å². The Labute approximate surface area is 179 Å².